The Labute approximate surface area is 246 Å². The molecule has 0 saturated carbocycles. The second-order valence-corrected chi connectivity index (χ2v) is 11.2. The fourth-order valence-electron chi connectivity index (χ4n) is 4.36. The minimum Gasteiger partial charge on any atom is -0.493 e. The Balaban J connectivity index is 1.99. The van der Waals surface area contributed by atoms with E-state index in [0.717, 1.165) is 14.5 Å². The molecule has 0 N–H and O–H groups in total. The summed E-state index contributed by atoms with van der Waals surface area (Å²) in [5.74, 6) is 1.16. The third kappa shape index (κ3) is 5.85. The molecule has 2 heterocycles. The van der Waals surface area contributed by atoms with Crippen molar-refractivity contribution in [3.8, 4) is 17.2 Å². The van der Waals surface area contributed by atoms with Crippen molar-refractivity contribution in [3.63, 3.8) is 0 Å². The van der Waals surface area contributed by atoms with Crippen LogP contribution in [0.25, 0.3) is 6.08 Å². The SMILES string of the molecule is CCOC(=O)C1=C(C)N=c2s/c(=C\c3cc(Br)cc(Br)c3OCC)c(=O)n2[C@H]1c1ccc(OC)c(OCC)c1. The molecule has 2 aromatic carbocycles. The van der Waals surface area contributed by atoms with Crippen LogP contribution in [0.1, 0.15) is 44.9 Å². The molecular weight excluding hydrogens is 652 g/mol. The van der Waals surface area contributed by atoms with Crippen molar-refractivity contribution in [3.05, 3.63) is 81.4 Å². The van der Waals surface area contributed by atoms with Gasteiger partial charge in [0.1, 0.15) is 5.75 Å². The molecule has 0 aliphatic carbocycles. The number of esters is 1. The summed E-state index contributed by atoms with van der Waals surface area (Å²) in [6, 6.07) is 8.38. The van der Waals surface area contributed by atoms with Gasteiger partial charge in [-0.15, -0.1) is 0 Å². The summed E-state index contributed by atoms with van der Waals surface area (Å²) in [6.45, 7) is 8.35. The van der Waals surface area contributed by atoms with Crippen LogP contribution in [-0.4, -0.2) is 37.5 Å². The Bertz CT molecular complexity index is 1630. The molecule has 1 atom stereocenters. The summed E-state index contributed by atoms with van der Waals surface area (Å²) in [4.78, 5) is 32.3. The lowest BCUT2D eigenvalue weighted by Gasteiger charge is -2.25. The molecular formula is C28H28Br2N2O6S. The summed E-state index contributed by atoms with van der Waals surface area (Å²) in [7, 11) is 1.56. The van der Waals surface area contributed by atoms with Crippen LogP contribution >= 0.6 is 43.2 Å². The zero-order chi connectivity index (χ0) is 28.3. The summed E-state index contributed by atoms with van der Waals surface area (Å²) < 4.78 is 26.1. The van der Waals surface area contributed by atoms with E-state index in [-0.39, 0.29) is 12.2 Å². The molecule has 3 aromatic rings. The number of aromatic nitrogens is 1. The largest absolute Gasteiger partial charge is 0.493 e. The van der Waals surface area contributed by atoms with Crippen molar-refractivity contribution >= 4 is 55.2 Å². The topological polar surface area (TPSA) is 88.4 Å². The number of hydrogen-bond acceptors (Lipinski definition) is 8. The standard InChI is InChI=1S/C28H28Br2N2O6S/c1-6-36-21-12-16(9-10-20(21)35-5)24-23(27(34)38-8-3)15(4)31-28-32(24)26(33)22(39-28)13-17-11-18(29)14-19(30)25(17)37-7-2/h9-14,24H,6-8H2,1-5H3/b22-13-/t24-/m0/s1. The molecule has 39 heavy (non-hydrogen) atoms. The summed E-state index contributed by atoms with van der Waals surface area (Å²) in [5.41, 5.74) is 1.89. The van der Waals surface area contributed by atoms with Crippen molar-refractivity contribution in [2.75, 3.05) is 26.9 Å². The molecule has 0 saturated heterocycles. The molecule has 1 aliphatic heterocycles. The first-order valence-corrected chi connectivity index (χ1v) is 14.8. The maximum absolute atomic E-state index is 14.0. The average Bonchev–Trinajstić information content (AvgIpc) is 3.19. The predicted octanol–water partition coefficient (Wildman–Crippen LogP) is 5.13. The quantitative estimate of drug-likeness (QED) is 0.292. The second kappa shape index (κ2) is 12.5. The van der Waals surface area contributed by atoms with Gasteiger partial charge in [0, 0.05) is 10.0 Å². The van der Waals surface area contributed by atoms with Gasteiger partial charge in [-0.05, 0) is 79.5 Å². The third-order valence-electron chi connectivity index (χ3n) is 5.93. The lowest BCUT2D eigenvalue weighted by atomic mass is 9.95. The van der Waals surface area contributed by atoms with Gasteiger partial charge in [-0.3, -0.25) is 9.36 Å². The Morgan fingerprint density at radius 2 is 1.82 bits per heavy atom. The number of carbonyl (C=O) groups is 1. The van der Waals surface area contributed by atoms with Crippen molar-refractivity contribution in [2.45, 2.75) is 33.7 Å². The van der Waals surface area contributed by atoms with Crippen LogP contribution in [0.4, 0.5) is 0 Å². The number of thiazole rings is 1. The monoisotopic (exact) mass is 678 g/mol. The molecule has 4 rings (SSSR count). The summed E-state index contributed by atoms with van der Waals surface area (Å²) >= 11 is 8.32. The zero-order valence-electron chi connectivity index (χ0n) is 22.2. The van der Waals surface area contributed by atoms with Crippen LogP contribution in [0.3, 0.4) is 0 Å². The number of nitrogens with zero attached hydrogens (tertiary/aromatic N) is 2. The van der Waals surface area contributed by atoms with E-state index in [9.17, 15) is 9.59 Å². The van der Waals surface area contributed by atoms with Gasteiger partial charge in [0.05, 0.1) is 53.2 Å². The molecule has 0 radical (unpaired) electrons. The van der Waals surface area contributed by atoms with E-state index >= 15 is 0 Å². The Morgan fingerprint density at radius 1 is 1.08 bits per heavy atom. The maximum atomic E-state index is 14.0. The Hall–Kier alpha value is -2.89. The number of ether oxygens (including phenoxy) is 4. The van der Waals surface area contributed by atoms with Crippen LogP contribution < -0.4 is 29.1 Å². The number of hydrogen-bond donors (Lipinski definition) is 0. The summed E-state index contributed by atoms with van der Waals surface area (Å²) in [6.07, 6.45) is 1.78. The second-order valence-electron chi connectivity index (χ2n) is 8.38. The van der Waals surface area contributed by atoms with Crippen LogP contribution in [0, 0.1) is 0 Å². The van der Waals surface area contributed by atoms with E-state index in [1.165, 1.54) is 11.3 Å². The molecule has 0 bridgehead atoms. The number of allylic oxidation sites excluding steroid dienone is 1. The molecule has 1 aromatic heterocycles. The van der Waals surface area contributed by atoms with E-state index in [0.29, 0.717) is 56.6 Å². The number of halogens is 2. The lowest BCUT2D eigenvalue weighted by Crippen LogP contribution is -2.40. The highest BCUT2D eigenvalue weighted by Crippen LogP contribution is 2.37. The minimum atomic E-state index is -0.770. The molecule has 206 valence electrons. The number of carbonyl (C=O) groups excluding carboxylic acids is 1. The third-order valence-corrected chi connectivity index (χ3v) is 7.96. The highest BCUT2D eigenvalue weighted by atomic mass is 79.9. The van der Waals surface area contributed by atoms with Gasteiger partial charge in [0.25, 0.3) is 5.56 Å². The van der Waals surface area contributed by atoms with Gasteiger partial charge < -0.3 is 18.9 Å². The Morgan fingerprint density at radius 3 is 2.49 bits per heavy atom. The summed E-state index contributed by atoms with van der Waals surface area (Å²) in [5, 5.41) is 0. The van der Waals surface area contributed by atoms with E-state index in [1.54, 1.807) is 43.7 Å². The van der Waals surface area contributed by atoms with Crippen LogP contribution in [-0.2, 0) is 9.53 Å². The van der Waals surface area contributed by atoms with Gasteiger partial charge in [-0.25, -0.2) is 9.79 Å². The molecule has 1 aliphatic rings. The molecule has 0 spiro atoms. The number of methoxy groups -OCH3 is 1. The normalized spacial score (nSPS) is 15.1. The van der Waals surface area contributed by atoms with Crippen LogP contribution in [0.15, 0.2) is 60.3 Å². The zero-order valence-corrected chi connectivity index (χ0v) is 26.2. The average molecular weight is 680 g/mol. The van der Waals surface area contributed by atoms with E-state index in [1.807, 2.05) is 32.0 Å². The number of fused-ring (bicyclic) bond motifs is 1. The van der Waals surface area contributed by atoms with Crippen LogP contribution in [0.5, 0.6) is 17.2 Å². The first kappa shape index (κ1) is 29.1. The molecule has 0 amide bonds. The predicted molar refractivity (Wildman–Crippen MR) is 158 cm³/mol. The van der Waals surface area contributed by atoms with E-state index < -0.39 is 12.0 Å². The highest BCUT2D eigenvalue weighted by molar-refractivity contribution is 9.11. The Kier molecular flexibility index (Phi) is 9.35. The number of benzene rings is 2. The van der Waals surface area contributed by atoms with Crippen molar-refractivity contribution < 1.29 is 23.7 Å². The van der Waals surface area contributed by atoms with Crippen molar-refractivity contribution in [2.24, 2.45) is 4.99 Å². The van der Waals surface area contributed by atoms with E-state index in [4.69, 9.17) is 18.9 Å². The first-order chi connectivity index (χ1) is 18.7. The molecule has 0 fully saturated rings. The molecule has 8 nitrogen and oxygen atoms in total. The van der Waals surface area contributed by atoms with Gasteiger partial charge in [0.2, 0.25) is 0 Å². The minimum absolute atomic E-state index is 0.192. The van der Waals surface area contributed by atoms with Crippen LogP contribution in [0.2, 0.25) is 0 Å². The maximum Gasteiger partial charge on any atom is 0.338 e. The van der Waals surface area contributed by atoms with Gasteiger partial charge in [-0.2, -0.15) is 0 Å². The van der Waals surface area contributed by atoms with Crippen molar-refractivity contribution in [1.29, 1.82) is 0 Å². The number of rotatable bonds is 9. The van der Waals surface area contributed by atoms with E-state index in [2.05, 4.69) is 36.9 Å². The fraction of sp³-hybridized carbons (Fsp3) is 0.321. The fourth-order valence-corrected chi connectivity index (χ4v) is 6.77. The van der Waals surface area contributed by atoms with Crippen molar-refractivity contribution in [1.82, 2.24) is 4.57 Å². The highest BCUT2D eigenvalue weighted by Gasteiger charge is 2.34. The lowest BCUT2D eigenvalue weighted by molar-refractivity contribution is -0.139. The molecule has 0 unspecified atom stereocenters. The first-order valence-electron chi connectivity index (χ1n) is 12.4. The molecule has 11 heteroatoms. The van der Waals surface area contributed by atoms with Gasteiger partial charge in [-0.1, -0.05) is 33.3 Å². The van der Waals surface area contributed by atoms with Gasteiger partial charge in [0.15, 0.2) is 16.3 Å². The van der Waals surface area contributed by atoms with Gasteiger partial charge >= 0.3 is 5.97 Å². The smallest absolute Gasteiger partial charge is 0.338 e.